The fourth-order valence-corrected chi connectivity index (χ4v) is 8.48. The van der Waals surface area contributed by atoms with Crippen LogP contribution in [-0.4, -0.2) is 0 Å². The van der Waals surface area contributed by atoms with E-state index in [9.17, 15) is 0 Å². The quantitative estimate of drug-likeness (QED) is 0.206. The molecule has 0 spiro atoms. The molecule has 0 saturated carbocycles. The summed E-state index contributed by atoms with van der Waals surface area (Å²) in [6.07, 6.45) is 0. The Labute approximate surface area is 248 Å². The topological polar surface area (TPSA) is 16.4 Å². The Balaban J connectivity index is 1.32. The molecule has 0 aliphatic heterocycles. The van der Waals surface area contributed by atoms with Gasteiger partial charge in [0.05, 0.1) is 0 Å². The number of anilines is 3. The molecule has 3 heterocycles. The first-order valence-corrected chi connectivity index (χ1v) is 15.5. The number of halogens is 1. The number of hydrogen-bond acceptors (Lipinski definition) is 4. The summed E-state index contributed by atoms with van der Waals surface area (Å²) in [5.41, 5.74) is 5.12. The predicted molar refractivity (Wildman–Crippen MR) is 179 cm³/mol. The smallest absolute Gasteiger partial charge is 0.135 e. The zero-order valence-electron chi connectivity index (χ0n) is 21.6. The van der Waals surface area contributed by atoms with Gasteiger partial charge in [-0.3, -0.25) is 0 Å². The minimum atomic E-state index is 0.767. The number of fused-ring (bicyclic) bond motifs is 9. The molecule has 9 rings (SSSR count). The molecule has 0 N–H and O–H groups in total. The third-order valence-electron chi connectivity index (χ3n) is 7.91. The number of rotatable bonds is 3. The van der Waals surface area contributed by atoms with E-state index in [4.69, 9.17) is 16.0 Å². The van der Waals surface area contributed by atoms with Gasteiger partial charge in [-0.05, 0) is 78.9 Å². The summed E-state index contributed by atoms with van der Waals surface area (Å²) in [6.45, 7) is 0. The van der Waals surface area contributed by atoms with Gasteiger partial charge >= 0.3 is 0 Å². The van der Waals surface area contributed by atoms with Gasteiger partial charge in [0.25, 0.3) is 0 Å². The second-order valence-electron chi connectivity index (χ2n) is 10.3. The van der Waals surface area contributed by atoms with Crippen LogP contribution in [0.1, 0.15) is 0 Å². The molecular weight excluding hydrogens is 562 g/mol. The number of hydrogen-bond donors (Lipinski definition) is 0. The van der Waals surface area contributed by atoms with Crippen LogP contribution in [0, 0.1) is 0 Å². The summed E-state index contributed by atoms with van der Waals surface area (Å²) >= 11 is 9.97. The number of thiophene rings is 2. The van der Waals surface area contributed by atoms with Crippen LogP contribution < -0.4 is 4.90 Å². The molecule has 0 radical (unpaired) electrons. The molecule has 5 heteroatoms. The summed E-state index contributed by atoms with van der Waals surface area (Å²) in [4.78, 5) is 2.37. The highest BCUT2D eigenvalue weighted by molar-refractivity contribution is 7.26. The lowest BCUT2D eigenvalue weighted by Crippen LogP contribution is -2.09. The van der Waals surface area contributed by atoms with Gasteiger partial charge in [0.15, 0.2) is 0 Å². The fraction of sp³-hybridized carbons (Fsp3) is 0. The van der Waals surface area contributed by atoms with Crippen molar-refractivity contribution in [1.29, 1.82) is 0 Å². The zero-order chi connectivity index (χ0) is 27.1. The van der Waals surface area contributed by atoms with Gasteiger partial charge in [-0.25, -0.2) is 0 Å². The Morgan fingerprint density at radius 1 is 0.439 bits per heavy atom. The van der Waals surface area contributed by atoms with Crippen LogP contribution in [0.4, 0.5) is 17.1 Å². The Morgan fingerprint density at radius 2 is 1.00 bits per heavy atom. The SMILES string of the molecule is Clc1ccc2c(c1)sc1ccc(N(c3ccc4oc5ccccc5c4c3)c3ccc4sc5ccccc5c4c3)cc12. The molecule has 3 aromatic heterocycles. The van der Waals surface area contributed by atoms with Gasteiger partial charge in [-0.1, -0.05) is 54.1 Å². The molecule has 0 amide bonds. The highest BCUT2D eigenvalue weighted by Crippen LogP contribution is 2.44. The van der Waals surface area contributed by atoms with E-state index in [0.717, 1.165) is 44.0 Å². The van der Waals surface area contributed by atoms with Crippen molar-refractivity contribution < 1.29 is 4.42 Å². The number of para-hydroxylation sites is 1. The van der Waals surface area contributed by atoms with E-state index in [1.807, 2.05) is 29.5 Å². The molecule has 41 heavy (non-hydrogen) atoms. The predicted octanol–water partition coefficient (Wildman–Crippen LogP) is 12.4. The molecule has 0 bridgehead atoms. The summed E-state index contributed by atoms with van der Waals surface area (Å²) in [6, 6.07) is 43.2. The lowest BCUT2D eigenvalue weighted by atomic mass is 10.1. The molecule has 194 valence electrons. The summed E-state index contributed by atoms with van der Waals surface area (Å²) in [7, 11) is 0. The molecule has 0 unspecified atom stereocenters. The van der Waals surface area contributed by atoms with E-state index in [1.54, 1.807) is 11.3 Å². The van der Waals surface area contributed by atoms with Crippen molar-refractivity contribution in [3.63, 3.8) is 0 Å². The van der Waals surface area contributed by atoms with Crippen LogP contribution in [0.25, 0.3) is 62.3 Å². The van der Waals surface area contributed by atoms with Crippen LogP contribution in [0.5, 0.6) is 0 Å². The van der Waals surface area contributed by atoms with Crippen LogP contribution in [-0.2, 0) is 0 Å². The van der Waals surface area contributed by atoms with E-state index in [0.29, 0.717) is 0 Å². The van der Waals surface area contributed by atoms with E-state index in [2.05, 4.69) is 108 Å². The third-order valence-corrected chi connectivity index (χ3v) is 10.4. The lowest BCUT2D eigenvalue weighted by molar-refractivity contribution is 0.669. The van der Waals surface area contributed by atoms with Crippen molar-refractivity contribution in [2.24, 2.45) is 0 Å². The minimum Gasteiger partial charge on any atom is -0.456 e. The van der Waals surface area contributed by atoms with E-state index >= 15 is 0 Å². The highest BCUT2D eigenvalue weighted by atomic mass is 35.5. The minimum absolute atomic E-state index is 0.767. The molecule has 2 nitrogen and oxygen atoms in total. The van der Waals surface area contributed by atoms with Gasteiger partial charge in [-0.15, -0.1) is 22.7 Å². The highest BCUT2D eigenvalue weighted by Gasteiger charge is 2.18. The standard InChI is InChI=1S/C36H20ClNOS2/c37-21-9-13-27-30-20-24(12-16-35(30)41-36(27)17-21)38(22-10-14-32-28(18-22)25-5-1-3-7-31(25)39-32)23-11-15-34-29(19-23)26-6-2-4-8-33(26)40-34/h1-20H. The molecular formula is C36H20ClNOS2. The first-order valence-electron chi connectivity index (χ1n) is 13.4. The Bertz CT molecular complexity index is 2350. The summed E-state index contributed by atoms with van der Waals surface area (Å²) in [5, 5.41) is 8.04. The maximum atomic E-state index is 6.34. The van der Waals surface area contributed by atoms with Crippen molar-refractivity contribution in [3.8, 4) is 0 Å². The van der Waals surface area contributed by atoms with Crippen LogP contribution in [0.3, 0.4) is 0 Å². The molecule has 0 aliphatic carbocycles. The summed E-state index contributed by atoms with van der Waals surface area (Å²) in [5.74, 6) is 0. The summed E-state index contributed by atoms with van der Waals surface area (Å²) < 4.78 is 11.2. The normalized spacial score (nSPS) is 12.0. The van der Waals surface area contributed by atoms with Gasteiger partial charge in [0.1, 0.15) is 11.2 Å². The first kappa shape index (κ1) is 23.4. The van der Waals surface area contributed by atoms with Gasteiger partial charge in [0.2, 0.25) is 0 Å². The lowest BCUT2D eigenvalue weighted by Gasteiger charge is -2.26. The second-order valence-corrected chi connectivity index (χ2v) is 12.9. The number of nitrogens with zero attached hydrogens (tertiary/aromatic N) is 1. The number of benzene rings is 6. The second kappa shape index (κ2) is 8.82. The largest absolute Gasteiger partial charge is 0.456 e. The Kier molecular flexibility index (Phi) is 5.03. The molecule has 0 atom stereocenters. The van der Waals surface area contributed by atoms with E-state index in [-0.39, 0.29) is 0 Å². The number of furan rings is 1. The van der Waals surface area contributed by atoms with E-state index < -0.39 is 0 Å². The molecule has 0 aliphatic rings. The van der Waals surface area contributed by atoms with Crippen LogP contribution >= 0.6 is 34.3 Å². The van der Waals surface area contributed by atoms with Crippen LogP contribution in [0.2, 0.25) is 5.02 Å². The van der Waals surface area contributed by atoms with Crippen LogP contribution in [0.15, 0.2) is 126 Å². The van der Waals surface area contributed by atoms with Crippen molar-refractivity contribution >= 4 is 114 Å². The average Bonchev–Trinajstić information content (AvgIpc) is 3.67. The van der Waals surface area contributed by atoms with Gasteiger partial charge < -0.3 is 9.32 Å². The average molecular weight is 582 g/mol. The van der Waals surface area contributed by atoms with Crippen molar-refractivity contribution in [2.75, 3.05) is 4.90 Å². The molecule has 0 fully saturated rings. The maximum Gasteiger partial charge on any atom is 0.135 e. The van der Waals surface area contributed by atoms with Gasteiger partial charge in [0, 0.05) is 73.2 Å². The molecule has 6 aromatic carbocycles. The monoisotopic (exact) mass is 581 g/mol. The first-order chi connectivity index (χ1) is 20.2. The molecule has 0 saturated heterocycles. The molecule has 9 aromatic rings. The van der Waals surface area contributed by atoms with Crippen molar-refractivity contribution in [3.05, 3.63) is 126 Å². The Hall–Kier alpha value is -4.35. The van der Waals surface area contributed by atoms with Crippen molar-refractivity contribution in [1.82, 2.24) is 0 Å². The zero-order valence-corrected chi connectivity index (χ0v) is 24.0. The van der Waals surface area contributed by atoms with E-state index in [1.165, 1.54) is 40.3 Å². The Morgan fingerprint density at radius 3 is 1.78 bits per heavy atom. The maximum absolute atomic E-state index is 6.34. The van der Waals surface area contributed by atoms with Gasteiger partial charge in [-0.2, -0.15) is 0 Å². The van der Waals surface area contributed by atoms with Crippen molar-refractivity contribution in [2.45, 2.75) is 0 Å². The third kappa shape index (κ3) is 3.62. The fourth-order valence-electron chi connectivity index (χ4n) is 6.03.